The molecule has 0 aliphatic carbocycles. The third kappa shape index (κ3) is 13.1. The van der Waals surface area contributed by atoms with E-state index in [1.165, 1.54) is 55.6 Å². The van der Waals surface area contributed by atoms with Gasteiger partial charge >= 0.3 is 0 Å². The number of rotatable bonds is 7. The highest BCUT2D eigenvalue weighted by Gasteiger charge is 2.31. The van der Waals surface area contributed by atoms with Crippen molar-refractivity contribution in [2.45, 2.75) is 222 Å². The number of hydrogen-bond donors (Lipinski definition) is 0. The SMILES string of the molecule is CC(C)(C)c1cc(C=N[C@H](c2cc(C(C)(C)C)cc(C(C)(C)C)c2)[C@@H](N=Cc2cc(C(C)(C)C)cc(C(C)(C)C)c2)c2cc(C(C)(C)C)cc(C(C)(C)C)c2)cc(C(C)(C)C)c1. The van der Waals surface area contributed by atoms with Crippen molar-refractivity contribution in [3.05, 3.63) is 140 Å². The van der Waals surface area contributed by atoms with E-state index in [1.807, 2.05) is 0 Å². The summed E-state index contributed by atoms with van der Waals surface area (Å²) in [4.78, 5) is 11.6. The van der Waals surface area contributed by atoms with Gasteiger partial charge < -0.3 is 0 Å². The van der Waals surface area contributed by atoms with Crippen LogP contribution >= 0.6 is 0 Å². The molecule has 0 unspecified atom stereocenters. The quantitative estimate of drug-likeness (QED) is 0.166. The molecule has 0 aliphatic heterocycles. The molecule has 4 rings (SSSR count). The van der Waals surface area contributed by atoms with Gasteiger partial charge in [-0.15, -0.1) is 0 Å². The first-order chi connectivity index (χ1) is 27.7. The molecular weight excluding hydrogens is 749 g/mol. The highest BCUT2D eigenvalue weighted by atomic mass is 14.9. The van der Waals surface area contributed by atoms with Crippen LogP contribution in [-0.2, 0) is 43.3 Å². The van der Waals surface area contributed by atoms with Crippen LogP contribution < -0.4 is 0 Å². The molecule has 338 valence electrons. The van der Waals surface area contributed by atoms with E-state index in [2.05, 4.69) is 251 Å². The lowest BCUT2D eigenvalue weighted by Gasteiger charge is -2.31. The summed E-state index contributed by atoms with van der Waals surface area (Å²) in [5.41, 5.74) is 14.9. The first-order valence-electron chi connectivity index (χ1n) is 23.4. The van der Waals surface area contributed by atoms with Crippen LogP contribution in [-0.4, -0.2) is 12.4 Å². The Morgan fingerprint density at radius 2 is 0.419 bits per heavy atom. The molecule has 2 nitrogen and oxygen atoms in total. The maximum absolute atomic E-state index is 5.80. The minimum absolute atomic E-state index is 0.0109. The van der Waals surface area contributed by atoms with Gasteiger partial charge in [0.2, 0.25) is 0 Å². The molecule has 0 bridgehead atoms. The lowest BCUT2D eigenvalue weighted by Crippen LogP contribution is -2.20. The van der Waals surface area contributed by atoms with Crippen LogP contribution in [0.25, 0.3) is 0 Å². The standard InChI is InChI=1S/C60H88N2/c1-53(2,3)43-25-39(26-44(33-43)54(4,5)6)37-61-51(41-29-47(57(13,14)15)35-48(30-41)58(16,17)18)52(42-31-49(59(19,20)21)36-50(32-42)60(22,23)24)62-38-40-27-45(55(7,8)9)34-46(28-40)56(10,11)12/h25-38,51-52H,1-24H3/t51-,52+. The second kappa shape index (κ2) is 17.3. The van der Waals surface area contributed by atoms with E-state index < -0.39 is 0 Å². The summed E-state index contributed by atoms with van der Waals surface area (Å²) in [7, 11) is 0. The van der Waals surface area contributed by atoms with Crippen LogP contribution in [0.4, 0.5) is 0 Å². The molecule has 0 fully saturated rings. The average Bonchev–Trinajstić information content (AvgIpc) is 3.09. The van der Waals surface area contributed by atoms with E-state index in [0.29, 0.717) is 0 Å². The zero-order valence-corrected chi connectivity index (χ0v) is 44.1. The first kappa shape index (κ1) is 50.9. The predicted molar refractivity (Wildman–Crippen MR) is 276 cm³/mol. The van der Waals surface area contributed by atoms with Crippen LogP contribution in [0.2, 0.25) is 0 Å². The summed E-state index contributed by atoms with van der Waals surface area (Å²) in [5.74, 6) is 0. The molecule has 62 heavy (non-hydrogen) atoms. The van der Waals surface area contributed by atoms with E-state index in [-0.39, 0.29) is 55.4 Å². The number of benzene rings is 4. The summed E-state index contributed by atoms with van der Waals surface area (Å²) in [6, 6.07) is 28.1. The molecule has 0 aromatic heterocycles. The molecule has 0 saturated heterocycles. The van der Waals surface area contributed by atoms with Crippen molar-refractivity contribution in [3.63, 3.8) is 0 Å². The Labute approximate surface area is 382 Å². The van der Waals surface area contributed by atoms with Gasteiger partial charge in [0.05, 0.1) is 0 Å². The van der Waals surface area contributed by atoms with Crippen LogP contribution in [0.5, 0.6) is 0 Å². The Morgan fingerprint density at radius 3 is 0.581 bits per heavy atom. The Hall–Kier alpha value is -3.78. The Balaban J connectivity index is 2.24. The fourth-order valence-corrected chi connectivity index (χ4v) is 7.59. The van der Waals surface area contributed by atoms with E-state index in [0.717, 1.165) is 11.1 Å². The monoisotopic (exact) mass is 837 g/mol. The Morgan fingerprint density at radius 1 is 0.258 bits per heavy atom. The lowest BCUT2D eigenvalue weighted by atomic mass is 9.76. The Bertz CT molecular complexity index is 1960. The van der Waals surface area contributed by atoms with Gasteiger partial charge in [0.1, 0.15) is 12.1 Å². The highest BCUT2D eigenvalue weighted by Crippen LogP contribution is 2.43. The van der Waals surface area contributed by atoms with Gasteiger partial charge in [0.25, 0.3) is 0 Å². The fraction of sp³-hybridized carbons (Fsp3) is 0.567. The molecule has 4 aromatic carbocycles. The maximum Gasteiger partial charge on any atom is 0.101 e. The van der Waals surface area contributed by atoms with E-state index in [4.69, 9.17) is 9.98 Å². The highest BCUT2D eigenvalue weighted by molar-refractivity contribution is 5.82. The third-order valence-corrected chi connectivity index (χ3v) is 12.5. The van der Waals surface area contributed by atoms with Crippen molar-refractivity contribution < 1.29 is 0 Å². The number of aliphatic imine (C=N–C) groups is 2. The topological polar surface area (TPSA) is 24.7 Å². The summed E-state index contributed by atoms with van der Waals surface area (Å²) in [6.45, 7) is 55.7. The van der Waals surface area contributed by atoms with Crippen molar-refractivity contribution in [2.75, 3.05) is 0 Å². The average molecular weight is 837 g/mol. The minimum atomic E-state index is -0.318. The number of nitrogens with zero attached hydrogens (tertiary/aromatic N) is 2. The second-order valence-corrected chi connectivity index (χ2v) is 26.8. The van der Waals surface area contributed by atoms with Gasteiger partial charge in [0, 0.05) is 12.4 Å². The molecule has 0 amide bonds. The normalized spacial score (nSPS) is 15.2. The van der Waals surface area contributed by atoms with Crippen molar-refractivity contribution in [3.8, 4) is 0 Å². The minimum Gasteiger partial charge on any atom is -0.282 e. The van der Waals surface area contributed by atoms with E-state index in [1.54, 1.807) is 0 Å². The van der Waals surface area contributed by atoms with Crippen LogP contribution in [0.1, 0.15) is 245 Å². The van der Waals surface area contributed by atoms with Gasteiger partial charge in [-0.05, 0) is 134 Å². The third-order valence-electron chi connectivity index (χ3n) is 12.5. The summed E-state index contributed by atoms with van der Waals surface area (Å²) < 4.78 is 0. The first-order valence-corrected chi connectivity index (χ1v) is 23.4. The molecule has 0 aliphatic rings. The van der Waals surface area contributed by atoms with Gasteiger partial charge in [-0.25, -0.2) is 0 Å². The van der Waals surface area contributed by atoms with Gasteiger partial charge in [-0.3, -0.25) is 9.98 Å². The molecular formula is C60H88N2. The van der Waals surface area contributed by atoms with Gasteiger partial charge in [-0.2, -0.15) is 0 Å². The molecule has 0 heterocycles. The summed E-state index contributed by atoms with van der Waals surface area (Å²) in [6.07, 6.45) is 4.32. The summed E-state index contributed by atoms with van der Waals surface area (Å²) in [5, 5.41) is 0. The van der Waals surface area contributed by atoms with E-state index in [9.17, 15) is 0 Å². The van der Waals surface area contributed by atoms with Crippen molar-refractivity contribution >= 4 is 12.4 Å². The van der Waals surface area contributed by atoms with Crippen molar-refractivity contribution in [2.24, 2.45) is 9.98 Å². The zero-order chi connectivity index (χ0) is 47.4. The zero-order valence-electron chi connectivity index (χ0n) is 44.1. The molecule has 0 radical (unpaired) electrons. The lowest BCUT2D eigenvalue weighted by molar-refractivity contribution is 0.541. The Kier molecular flexibility index (Phi) is 14.2. The smallest absolute Gasteiger partial charge is 0.101 e. The largest absolute Gasteiger partial charge is 0.282 e. The number of hydrogen-bond acceptors (Lipinski definition) is 2. The van der Waals surface area contributed by atoms with Crippen LogP contribution in [0.3, 0.4) is 0 Å². The molecule has 0 saturated carbocycles. The molecule has 0 N–H and O–H groups in total. The maximum atomic E-state index is 5.80. The summed E-state index contributed by atoms with van der Waals surface area (Å²) >= 11 is 0. The molecule has 0 spiro atoms. The van der Waals surface area contributed by atoms with Gasteiger partial charge in [-0.1, -0.05) is 215 Å². The molecule has 4 aromatic rings. The molecule has 2 atom stereocenters. The predicted octanol–water partition coefficient (Wildman–Crippen LogP) is 17.1. The van der Waals surface area contributed by atoms with Crippen molar-refractivity contribution in [1.29, 1.82) is 0 Å². The fourth-order valence-electron chi connectivity index (χ4n) is 7.59. The molecule has 2 heteroatoms. The van der Waals surface area contributed by atoms with Crippen LogP contribution in [0, 0.1) is 0 Å². The van der Waals surface area contributed by atoms with E-state index >= 15 is 0 Å². The second-order valence-electron chi connectivity index (χ2n) is 26.8. The van der Waals surface area contributed by atoms with Crippen molar-refractivity contribution in [1.82, 2.24) is 0 Å². The van der Waals surface area contributed by atoms with Crippen LogP contribution in [0.15, 0.2) is 82.8 Å². The van der Waals surface area contributed by atoms with Gasteiger partial charge in [0.15, 0.2) is 0 Å².